The number of aryl methyl sites for hydroxylation is 1. The molecule has 14 heteroatoms. The molecule has 6 N–H and O–H groups in total. The fourth-order valence-electron chi connectivity index (χ4n) is 4.76. The number of hydrogen-bond donors (Lipinski definition) is 4. The van der Waals surface area contributed by atoms with Crippen LogP contribution in [0.4, 0.5) is 28.9 Å². The average Bonchev–Trinajstić information content (AvgIpc) is 3.71. The molecule has 0 radical (unpaired) electrons. The monoisotopic (exact) mass is 602 g/mol. The maximum Gasteiger partial charge on any atom is 0.413 e. The van der Waals surface area contributed by atoms with Crippen LogP contribution >= 0.6 is 11.6 Å². The molecule has 3 aromatic rings. The first-order valence-electron chi connectivity index (χ1n) is 13.2. The molecule has 222 valence electrons. The molecule has 1 aromatic carbocycles. The number of rotatable bonds is 8. The molecule has 2 heterocycles. The SMILES string of the molecule is B/C(=C(/N)C(Nc1cc(Cl)c2ncc(C#N)c(NCC(C)(C)C)c2c1)c1ccc(F)nc1C)N(N)C1(C(F)(F)F)CC1. The van der Waals surface area contributed by atoms with Gasteiger partial charge in [-0.2, -0.15) is 22.8 Å². The molecular weight excluding hydrogens is 571 g/mol. The summed E-state index contributed by atoms with van der Waals surface area (Å²) >= 11 is 6.64. The molecule has 8 nitrogen and oxygen atoms in total. The topological polar surface area (TPSA) is 129 Å². The van der Waals surface area contributed by atoms with Crippen molar-refractivity contribution >= 4 is 41.7 Å². The van der Waals surface area contributed by atoms with Gasteiger partial charge >= 0.3 is 6.18 Å². The standard InChI is InChI=1S/C28H32BClF4N8/c1-14-17(5-6-20(31)40-14)24(21(36)25(29)42(37)27(7-8-27)28(32,33)34)41-16-9-18-22(39-13-26(2,3)4)15(11-35)12-38-23(18)19(30)10-16/h5-6,9-10,12,24,41H,7-8,13,29,36-37H2,1-4H3,(H,38,39)/b25-21-. The number of halogens is 5. The van der Waals surface area contributed by atoms with Crippen LogP contribution in [0, 0.1) is 29.6 Å². The van der Waals surface area contributed by atoms with Crippen molar-refractivity contribution in [2.45, 2.75) is 58.3 Å². The molecule has 1 aliphatic carbocycles. The first-order chi connectivity index (χ1) is 19.5. The lowest BCUT2D eigenvalue weighted by Crippen LogP contribution is -2.52. The number of fused-ring (bicyclic) bond motifs is 1. The summed E-state index contributed by atoms with van der Waals surface area (Å²) in [7, 11) is 1.41. The summed E-state index contributed by atoms with van der Waals surface area (Å²) in [6, 6.07) is 7.09. The van der Waals surface area contributed by atoms with Crippen molar-refractivity contribution in [1.82, 2.24) is 15.0 Å². The van der Waals surface area contributed by atoms with E-state index in [4.69, 9.17) is 23.2 Å². The molecule has 0 saturated heterocycles. The molecule has 1 fully saturated rings. The van der Waals surface area contributed by atoms with Gasteiger partial charge in [0, 0.05) is 46.4 Å². The Bertz CT molecular complexity index is 1590. The highest BCUT2D eigenvalue weighted by molar-refractivity contribution is 6.35. The van der Waals surface area contributed by atoms with E-state index >= 15 is 0 Å². The van der Waals surface area contributed by atoms with Crippen LogP contribution in [0.2, 0.25) is 5.02 Å². The zero-order valence-corrected chi connectivity index (χ0v) is 24.7. The van der Waals surface area contributed by atoms with Gasteiger partial charge in [-0.05, 0) is 43.4 Å². The quantitative estimate of drug-likeness (QED) is 0.0906. The summed E-state index contributed by atoms with van der Waals surface area (Å²) in [6.07, 6.45) is -3.44. The van der Waals surface area contributed by atoms with Crippen LogP contribution in [0.5, 0.6) is 0 Å². The molecule has 0 aliphatic heterocycles. The lowest BCUT2D eigenvalue weighted by atomic mass is 9.92. The third-order valence-electron chi connectivity index (χ3n) is 7.36. The summed E-state index contributed by atoms with van der Waals surface area (Å²) in [6.45, 7) is 8.24. The Morgan fingerprint density at radius 1 is 1.26 bits per heavy atom. The van der Waals surface area contributed by atoms with Crippen molar-refractivity contribution in [1.29, 1.82) is 5.26 Å². The van der Waals surface area contributed by atoms with Gasteiger partial charge in [0.1, 0.15) is 11.6 Å². The highest BCUT2D eigenvalue weighted by Gasteiger charge is 2.67. The van der Waals surface area contributed by atoms with E-state index in [2.05, 4.69) is 26.7 Å². The highest BCUT2D eigenvalue weighted by Crippen LogP contribution is 2.53. The number of nitrogens with one attached hydrogen (secondary N) is 2. The molecule has 0 bridgehead atoms. The van der Waals surface area contributed by atoms with Crippen molar-refractivity contribution in [3.8, 4) is 6.07 Å². The van der Waals surface area contributed by atoms with Gasteiger partial charge in [0.05, 0.1) is 27.8 Å². The molecule has 0 amide bonds. The van der Waals surface area contributed by atoms with Crippen LogP contribution in [0.3, 0.4) is 0 Å². The van der Waals surface area contributed by atoms with Gasteiger partial charge in [-0.1, -0.05) is 38.4 Å². The number of hydrogen-bond acceptors (Lipinski definition) is 8. The van der Waals surface area contributed by atoms with Crippen molar-refractivity contribution in [3.05, 3.63) is 69.5 Å². The Kier molecular flexibility index (Phi) is 8.28. The minimum Gasteiger partial charge on any atom is -0.399 e. The van der Waals surface area contributed by atoms with E-state index in [-0.39, 0.29) is 40.3 Å². The Morgan fingerprint density at radius 2 is 1.93 bits per heavy atom. The second-order valence-electron chi connectivity index (χ2n) is 11.8. The number of nitriles is 1. The molecule has 1 aliphatic rings. The van der Waals surface area contributed by atoms with Crippen LogP contribution in [-0.4, -0.2) is 41.1 Å². The molecule has 0 spiro atoms. The van der Waals surface area contributed by atoms with Crippen LogP contribution in [0.15, 0.2) is 41.8 Å². The van der Waals surface area contributed by atoms with Crippen LogP contribution < -0.4 is 22.2 Å². The van der Waals surface area contributed by atoms with E-state index in [0.717, 1.165) is 6.07 Å². The molecule has 1 unspecified atom stereocenters. The van der Waals surface area contributed by atoms with E-state index in [1.54, 1.807) is 19.1 Å². The molecular formula is C28H32BClF4N8. The molecule has 4 rings (SSSR count). The van der Waals surface area contributed by atoms with Crippen LogP contribution in [0.25, 0.3) is 10.9 Å². The first kappa shape index (κ1) is 31.2. The predicted molar refractivity (Wildman–Crippen MR) is 159 cm³/mol. The number of hydrazine groups is 1. The van der Waals surface area contributed by atoms with Gasteiger partial charge in [0.2, 0.25) is 5.95 Å². The minimum atomic E-state index is -4.56. The van der Waals surface area contributed by atoms with Gasteiger partial charge in [0.15, 0.2) is 7.85 Å². The zero-order valence-electron chi connectivity index (χ0n) is 23.9. The van der Waals surface area contributed by atoms with Gasteiger partial charge in [-0.15, -0.1) is 0 Å². The maximum absolute atomic E-state index is 13.9. The van der Waals surface area contributed by atoms with E-state index in [0.29, 0.717) is 45.0 Å². The molecule has 1 saturated carbocycles. The fourth-order valence-corrected chi connectivity index (χ4v) is 5.02. The summed E-state index contributed by atoms with van der Waals surface area (Å²) < 4.78 is 55.6. The van der Waals surface area contributed by atoms with Gasteiger partial charge in [-0.3, -0.25) is 4.98 Å². The van der Waals surface area contributed by atoms with E-state index in [1.807, 2.05) is 20.8 Å². The third kappa shape index (κ3) is 6.05. The van der Waals surface area contributed by atoms with Gasteiger partial charge in [-0.25, -0.2) is 10.8 Å². The highest BCUT2D eigenvalue weighted by atomic mass is 35.5. The molecule has 42 heavy (non-hydrogen) atoms. The number of benzene rings is 1. The number of anilines is 2. The number of aromatic nitrogens is 2. The van der Waals surface area contributed by atoms with Crippen LogP contribution in [-0.2, 0) is 0 Å². The van der Waals surface area contributed by atoms with Crippen LogP contribution in [0.1, 0.15) is 56.5 Å². The summed E-state index contributed by atoms with van der Waals surface area (Å²) in [4.78, 5) is 8.25. The fraction of sp³-hybridized carbons (Fsp3) is 0.393. The Hall–Kier alpha value is -3.76. The Balaban J connectivity index is 1.85. The van der Waals surface area contributed by atoms with Crippen molar-refractivity contribution in [2.24, 2.45) is 17.0 Å². The third-order valence-corrected chi connectivity index (χ3v) is 7.65. The van der Waals surface area contributed by atoms with E-state index in [1.165, 1.54) is 20.1 Å². The van der Waals surface area contributed by atoms with Crippen molar-refractivity contribution in [3.63, 3.8) is 0 Å². The largest absolute Gasteiger partial charge is 0.413 e. The van der Waals surface area contributed by atoms with Gasteiger partial charge < -0.3 is 21.4 Å². The second kappa shape index (κ2) is 11.1. The summed E-state index contributed by atoms with van der Waals surface area (Å²) in [5.74, 6) is 5.32. The normalized spacial score (nSPS) is 15.9. The smallest absolute Gasteiger partial charge is 0.399 e. The van der Waals surface area contributed by atoms with Crippen molar-refractivity contribution in [2.75, 3.05) is 17.2 Å². The zero-order chi connectivity index (χ0) is 31.2. The molecule has 1 atom stereocenters. The Morgan fingerprint density at radius 3 is 2.48 bits per heavy atom. The van der Waals surface area contributed by atoms with E-state index in [9.17, 15) is 22.8 Å². The predicted octanol–water partition coefficient (Wildman–Crippen LogP) is 5.25. The van der Waals surface area contributed by atoms with E-state index < -0.39 is 23.7 Å². The summed E-state index contributed by atoms with van der Waals surface area (Å²) in [5, 5.41) is 17.8. The number of pyridine rings is 2. The van der Waals surface area contributed by atoms with Gasteiger partial charge in [0.25, 0.3) is 0 Å². The maximum atomic E-state index is 13.9. The number of nitrogens with zero attached hydrogens (tertiary/aromatic N) is 4. The number of alkyl halides is 3. The second-order valence-corrected chi connectivity index (χ2v) is 12.2. The number of nitrogens with two attached hydrogens (primary N) is 2. The average molecular weight is 603 g/mol. The Labute approximate surface area is 247 Å². The lowest BCUT2D eigenvalue weighted by molar-refractivity contribution is -0.190. The first-order valence-corrected chi connectivity index (χ1v) is 13.6. The minimum absolute atomic E-state index is 0.00102. The lowest BCUT2D eigenvalue weighted by Gasteiger charge is -2.34. The molecule has 2 aromatic heterocycles. The van der Waals surface area contributed by atoms with Crippen molar-refractivity contribution < 1.29 is 17.6 Å². The summed E-state index contributed by atoms with van der Waals surface area (Å²) in [5.41, 5.74) is 6.62.